The van der Waals surface area contributed by atoms with Gasteiger partial charge in [-0.1, -0.05) is 18.2 Å². The number of amides is 1. The monoisotopic (exact) mass is 525 g/mol. The first-order chi connectivity index (χ1) is 17.9. The maximum Gasteiger partial charge on any atom is 0.419 e. The molecule has 2 N–H and O–H groups in total. The second-order valence-electron chi connectivity index (χ2n) is 9.39. The third-order valence-corrected chi connectivity index (χ3v) is 6.10. The van der Waals surface area contributed by atoms with Gasteiger partial charge in [-0.05, 0) is 38.4 Å². The van der Waals surface area contributed by atoms with Crippen LogP contribution in [0.25, 0.3) is 22.2 Å². The Kier molecular flexibility index (Phi) is 7.58. The Hall–Kier alpha value is -4.12. The summed E-state index contributed by atoms with van der Waals surface area (Å²) in [4.78, 5) is 24.2. The molecule has 2 heterocycles. The van der Waals surface area contributed by atoms with Crippen LogP contribution in [0.5, 0.6) is 0 Å². The van der Waals surface area contributed by atoms with E-state index in [0.717, 1.165) is 30.5 Å². The molecule has 4 rings (SSSR count). The zero-order chi connectivity index (χ0) is 27.6. The van der Waals surface area contributed by atoms with Gasteiger partial charge < -0.3 is 25.0 Å². The number of anilines is 4. The van der Waals surface area contributed by atoms with Gasteiger partial charge in [-0.3, -0.25) is 4.79 Å². The number of carbonyl (C=O) groups excluding carboxylic acids is 1. The average molecular weight is 526 g/mol. The second-order valence-corrected chi connectivity index (χ2v) is 9.39. The standard InChI is InChI=1S/C27H30F3N7O/c1-17(38)32-22-14-18(10-11-24(22)36(4)13-12-35(2)3)33-26-31-15-21(27(28,29)30)25(34-26)20-16-37(5)23-9-7-6-8-19(20)23/h6-11,14-16H,12-13H2,1-5H3,(H,32,38)(H,31,33,34). The molecule has 11 heteroatoms. The molecule has 0 saturated heterocycles. The number of carbonyl (C=O) groups is 1. The molecule has 4 aromatic rings. The molecule has 200 valence electrons. The fourth-order valence-electron chi connectivity index (χ4n) is 4.22. The largest absolute Gasteiger partial charge is 0.419 e. The van der Waals surface area contributed by atoms with Crippen molar-refractivity contribution in [2.45, 2.75) is 13.1 Å². The number of hydrogen-bond acceptors (Lipinski definition) is 6. The van der Waals surface area contributed by atoms with E-state index in [9.17, 15) is 18.0 Å². The van der Waals surface area contributed by atoms with Crippen LogP contribution in [0.3, 0.4) is 0 Å². The van der Waals surface area contributed by atoms with Crippen molar-refractivity contribution < 1.29 is 18.0 Å². The number of halogens is 3. The molecule has 0 fully saturated rings. The first-order valence-corrected chi connectivity index (χ1v) is 12.0. The normalized spacial score (nSPS) is 11.7. The van der Waals surface area contributed by atoms with Gasteiger partial charge in [0.05, 0.1) is 17.1 Å². The number of likely N-dealkylation sites (N-methyl/N-ethyl adjacent to an activating group) is 2. The van der Waals surface area contributed by atoms with Crippen molar-refractivity contribution in [2.75, 3.05) is 49.8 Å². The zero-order valence-corrected chi connectivity index (χ0v) is 21.9. The Morgan fingerprint density at radius 2 is 1.82 bits per heavy atom. The van der Waals surface area contributed by atoms with Gasteiger partial charge in [-0.25, -0.2) is 9.97 Å². The number of hydrogen-bond donors (Lipinski definition) is 2. The summed E-state index contributed by atoms with van der Waals surface area (Å²) in [6.45, 7) is 2.95. The Balaban J connectivity index is 1.73. The van der Waals surface area contributed by atoms with Crippen molar-refractivity contribution in [1.82, 2.24) is 19.4 Å². The summed E-state index contributed by atoms with van der Waals surface area (Å²) >= 11 is 0. The summed E-state index contributed by atoms with van der Waals surface area (Å²) in [5, 5.41) is 6.49. The number of aryl methyl sites for hydroxylation is 1. The van der Waals surface area contributed by atoms with Gasteiger partial charge >= 0.3 is 6.18 Å². The smallest absolute Gasteiger partial charge is 0.372 e. The van der Waals surface area contributed by atoms with Crippen LogP contribution in [0.2, 0.25) is 0 Å². The minimum Gasteiger partial charge on any atom is -0.372 e. The van der Waals surface area contributed by atoms with E-state index in [4.69, 9.17) is 0 Å². The molecule has 0 spiro atoms. The Labute approximate surface area is 219 Å². The molecular weight excluding hydrogens is 495 g/mol. The fourth-order valence-corrected chi connectivity index (χ4v) is 4.22. The van der Waals surface area contributed by atoms with Gasteiger partial charge in [0.2, 0.25) is 11.9 Å². The van der Waals surface area contributed by atoms with E-state index < -0.39 is 11.7 Å². The van der Waals surface area contributed by atoms with E-state index in [0.29, 0.717) is 22.3 Å². The highest BCUT2D eigenvalue weighted by Gasteiger charge is 2.36. The average Bonchev–Trinajstić information content (AvgIpc) is 3.18. The van der Waals surface area contributed by atoms with Gasteiger partial charge in [0.1, 0.15) is 5.56 Å². The second kappa shape index (κ2) is 10.7. The Morgan fingerprint density at radius 1 is 1.08 bits per heavy atom. The third-order valence-electron chi connectivity index (χ3n) is 6.10. The molecule has 2 aromatic carbocycles. The van der Waals surface area contributed by atoms with E-state index in [-0.39, 0.29) is 17.5 Å². The van der Waals surface area contributed by atoms with Crippen LogP contribution in [0.1, 0.15) is 12.5 Å². The van der Waals surface area contributed by atoms with E-state index in [1.165, 1.54) is 6.92 Å². The molecule has 0 aliphatic heterocycles. The number of fused-ring (bicyclic) bond motifs is 1. The summed E-state index contributed by atoms with van der Waals surface area (Å²) in [5.41, 5.74) is 1.89. The molecule has 0 radical (unpaired) electrons. The third kappa shape index (κ3) is 5.88. The van der Waals surface area contributed by atoms with Gasteiger partial charge in [-0.2, -0.15) is 13.2 Å². The van der Waals surface area contributed by atoms with Gasteiger partial charge in [-0.15, -0.1) is 0 Å². The number of aromatic nitrogens is 3. The molecule has 0 saturated carbocycles. The van der Waals surface area contributed by atoms with Crippen LogP contribution in [-0.2, 0) is 18.0 Å². The molecule has 2 aromatic heterocycles. The van der Waals surface area contributed by atoms with Gasteiger partial charge in [0.25, 0.3) is 0 Å². The lowest BCUT2D eigenvalue weighted by molar-refractivity contribution is -0.137. The molecule has 0 unspecified atom stereocenters. The predicted molar refractivity (Wildman–Crippen MR) is 145 cm³/mol. The Bertz CT molecular complexity index is 1460. The van der Waals surface area contributed by atoms with Crippen molar-refractivity contribution >= 4 is 39.8 Å². The highest BCUT2D eigenvalue weighted by atomic mass is 19.4. The van der Waals surface area contributed by atoms with Gasteiger partial charge in [0.15, 0.2) is 0 Å². The lowest BCUT2D eigenvalue weighted by Gasteiger charge is -2.24. The van der Waals surface area contributed by atoms with E-state index in [1.54, 1.807) is 42.1 Å². The summed E-state index contributed by atoms with van der Waals surface area (Å²) < 4.78 is 43.6. The predicted octanol–water partition coefficient (Wildman–Crippen LogP) is 5.35. The van der Waals surface area contributed by atoms with Gasteiger partial charge in [0, 0.05) is 68.7 Å². The van der Waals surface area contributed by atoms with E-state index >= 15 is 0 Å². The quantitative estimate of drug-likeness (QED) is 0.323. The number of alkyl halides is 3. The van der Waals surface area contributed by atoms with Crippen LogP contribution >= 0.6 is 0 Å². The molecular formula is C27H30F3N7O. The van der Waals surface area contributed by atoms with Crippen LogP contribution in [0, 0.1) is 0 Å². The number of para-hydroxylation sites is 1. The van der Waals surface area contributed by atoms with Crippen LogP contribution in [0.4, 0.5) is 36.2 Å². The molecule has 0 aliphatic carbocycles. The topological polar surface area (TPSA) is 78.3 Å². The van der Waals surface area contributed by atoms with Crippen molar-refractivity contribution in [3.8, 4) is 11.3 Å². The molecule has 8 nitrogen and oxygen atoms in total. The first kappa shape index (κ1) is 26.9. The summed E-state index contributed by atoms with van der Waals surface area (Å²) in [7, 11) is 7.66. The summed E-state index contributed by atoms with van der Waals surface area (Å²) in [6.07, 6.45) is -2.20. The van der Waals surface area contributed by atoms with Crippen LogP contribution < -0.4 is 15.5 Å². The van der Waals surface area contributed by atoms with Crippen molar-refractivity contribution in [3.05, 3.63) is 60.4 Å². The van der Waals surface area contributed by atoms with Crippen molar-refractivity contribution in [1.29, 1.82) is 0 Å². The molecule has 0 aliphatic rings. The van der Waals surface area contributed by atoms with Crippen molar-refractivity contribution in [3.63, 3.8) is 0 Å². The Morgan fingerprint density at radius 3 is 2.50 bits per heavy atom. The maximum absolute atomic E-state index is 14.0. The minimum absolute atomic E-state index is 0.00317. The number of nitrogens with zero attached hydrogens (tertiary/aromatic N) is 5. The number of benzene rings is 2. The fraction of sp³-hybridized carbons (Fsp3) is 0.296. The zero-order valence-electron chi connectivity index (χ0n) is 21.9. The van der Waals surface area contributed by atoms with E-state index in [2.05, 4.69) is 25.5 Å². The van der Waals surface area contributed by atoms with E-state index in [1.807, 2.05) is 44.2 Å². The van der Waals surface area contributed by atoms with Crippen LogP contribution in [-0.4, -0.2) is 59.6 Å². The SMILES string of the molecule is CC(=O)Nc1cc(Nc2ncc(C(F)(F)F)c(-c3cn(C)c4ccccc34)n2)ccc1N(C)CCN(C)C. The van der Waals surface area contributed by atoms with Crippen LogP contribution in [0.15, 0.2) is 54.9 Å². The molecule has 1 amide bonds. The van der Waals surface area contributed by atoms with Crippen molar-refractivity contribution in [2.24, 2.45) is 7.05 Å². The molecule has 0 atom stereocenters. The lowest BCUT2D eigenvalue weighted by Crippen LogP contribution is -2.29. The minimum atomic E-state index is -4.64. The summed E-state index contributed by atoms with van der Waals surface area (Å²) in [6, 6.07) is 12.5. The molecule has 0 bridgehead atoms. The maximum atomic E-state index is 14.0. The first-order valence-electron chi connectivity index (χ1n) is 12.0. The number of nitrogens with one attached hydrogen (secondary N) is 2. The molecule has 38 heavy (non-hydrogen) atoms. The highest BCUT2D eigenvalue weighted by molar-refractivity contribution is 5.96. The summed E-state index contributed by atoms with van der Waals surface area (Å²) in [5.74, 6) is -0.239. The lowest BCUT2D eigenvalue weighted by atomic mass is 10.1. The number of rotatable bonds is 8. The highest BCUT2D eigenvalue weighted by Crippen LogP contribution is 2.39.